The number of halogens is 1. The highest BCUT2D eigenvalue weighted by atomic mass is 35.5. The first-order chi connectivity index (χ1) is 11.2. The minimum absolute atomic E-state index is 0.0786. The Hall–Kier alpha value is -1.77. The highest BCUT2D eigenvalue weighted by Crippen LogP contribution is 2.46. The van der Waals surface area contributed by atoms with Gasteiger partial charge >= 0.3 is 0 Å². The van der Waals surface area contributed by atoms with E-state index >= 15 is 0 Å². The van der Waals surface area contributed by atoms with Crippen LogP contribution in [-0.2, 0) is 18.4 Å². The quantitative estimate of drug-likeness (QED) is 0.645. The van der Waals surface area contributed by atoms with Gasteiger partial charge < -0.3 is 4.98 Å². The summed E-state index contributed by atoms with van der Waals surface area (Å²) in [5.74, 6) is 0. The van der Waals surface area contributed by atoms with Crippen LogP contribution in [0.2, 0.25) is 5.02 Å². The number of para-hydroxylation sites is 1. The number of hydrogen-bond acceptors (Lipinski definition) is 1. The van der Waals surface area contributed by atoms with E-state index in [1.807, 2.05) is 6.07 Å². The van der Waals surface area contributed by atoms with Crippen molar-refractivity contribution in [3.8, 4) is 0 Å². The van der Waals surface area contributed by atoms with Crippen LogP contribution in [0.25, 0.3) is 10.9 Å². The Morgan fingerprint density at radius 1 is 1.09 bits per heavy atom. The van der Waals surface area contributed by atoms with E-state index in [0.717, 1.165) is 31.0 Å². The number of H-pyrrole nitrogens is 1. The van der Waals surface area contributed by atoms with Crippen LogP contribution in [0.3, 0.4) is 0 Å². The summed E-state index contributed by atoms with van der Waals surface area (Å²) in [6.07, 6.45) is 2.21. The summed E-state index contributed by atoms with van der Waals surface area (Å²) in [5.41, 5.74) is 6.82. The van der Waals surface area contributed by atoms with Gasteiger partial charge in [-0.25, -0.2) is 0 Å². The van der Waals surface area contributed by atoms with Crippen LogP contribution in [-0.4, -0.2) is 23.0 Å². The van der Waals surface area contributed by atoms with E-state index in [1.54, 1.807) is 0 Å². The first-order valence-electron chi connectivity index (χ1n) is 8.32. The molecule has 1 unspecified atom stereocenters. The lowest BCUT2D eigenvalue weighted by Gasteiger charge is -2.49. The Bertz CT molecular complexity index is 927. The van der Waals surface area contributed by atoms with Gasteiger partial charge in [0.25, 0.3) is 0 Å². The van der Waals surface area contributed by atoms with Crippen molar-refractivity contribution in [3.63, 3.8) is 0 Å². The van der Waals surface area contributed by atoms with Crippen molar-refractivity contribution in [1.82, 2.24) is 9.88 Å². The molecule has 0 saturated heterocycles. The summed E-state index contributed by atoms with van der Waals surface area (Å²) in [5, 5.41) is 2.22. The number of hydrogen-bond donors (Lipinski definition) is 1. The molecule has 5 rings (SSSR count). The topological polar surface area (TPSA) is 19.0 Å². The van der Waals surface area contributed by atoms with Crippen LogP contribution >= 0.6 is 11.6 Å². The zero-order valence-electron chi connectivity index (χ0n) is 13.2. The normalized spacial score (nSPS) is 23.4. The Balaban J connectivity index is 1.82. The maximum Gasteiger partial charge on any atom is 0.0844 e. The van der Waals surface area contributed by atoms with Gasteiger partial charge in [0, 0.05) is 34.7 Å². The van der Waals surface area contributed by atoms with E-state index in [2.05, 4.69) is 53.2 Å². The molecule has 2 aliphatic rings. The highest BCUT2D eigenvalue weighted by molar-refractivity contribution is 6.30. The number of nitrogens with one attached hydrogen (secondary N) is 1. The molecule has 23 heavy (non-hydrogen) atoms. The molecule has 0 bridgehead atoms. The van der Waals surface area contributed by atoms with Gasteiger partial charge in [0.15, 0.2) is 0 Å². The first-order valence-corrected chi connectivity index (χ1v) is 8.70. The molecule has 0 spiro atoms. The maximum absolute atomic E-state index is 6.24. The van der Waals surface area contributed by atoms with Crippen LogP contribution in [0.4, 0.5) is 0 Å². The van der Waals surface area contributed by atoms with E-state index in [0.29, 0.717) is 0 Å². The Morgan fingerprint density at radius 3 is 2.83 bits per heavy atom. The fraction of sp³-hybridized carbons (Fsp3) is 0.300. The average Bonchev–Trinajstić information content (AvgIpc) is 2.94. The van der Waals surface area contributed by atoms with Gasteiger partial charge in [-0.3, -0.25) is 4.90 Å². The van der Waals surface area contributed by atoms with Gasteiger partial charge in [-0.1, -0.05) is 35.9 Å². The number of benzene rings is 2. The summed E-state index contributed by atoms with van der Waals surface area (Å²) in [6, 6.07) is 15.1. The third-order valence-corrected chi connectivity index (χ3v) is 6.04. The van der Waals surface area contributed by atoms with Gasteiger partial charge in [0.1, 0.15) is 0 Å². The molecule has 2 nitrogen and oxygen atoms in total. The summed E-state index contributed by atoms with van der Waals surface area (Å²) >= 11 is 6.24. The monoisotopic (exact) mass is 322 g/mol. The van der Waals surface area contributed by atoms with Crippen LogP contribution in [0, 0.1) is 0 Å². The number of aromatic amines is 1. The number of fused-ring (bicyclic) bond motifs is 7. The Morgan fingerprint density at radius 2 is 1.91 bits per heavy atom. The van der Waals surface area contributed by atoms with Crippen molar-refractivity contribution in [2.24, 2.45) is 0 Å². The largest absolute Gasteiger partial charge is 0.356 e. The van der Waals surface area contributed by atoms with Crippen molar-refractivity contribution >= 4 is 22.5 Å². The van der Waals surface area contributed by atoms with Crippen molar-refractivity contribution < 1.29 is 0 Å². The Labute approximate surface area is 141 Å². The smallest absolute Gasteiger partial charge is 0.0844 e. The third kappa shape index (κ3) is 1.74. The third-order valence-electron chi connectivity index (χ3n) is 5.81. The van der Waals surface area contributed by atoms with E-state index in [1.165, 1.54) is 33.3 Å². The summed E-state index contributed by atoms with van der Waals surface area (Å²) in [4.78, 5) is 6.36. The SMILES string of the molecule is CC12c3ccc(Cl)cc3CCN1CCc1c2[nH]c2ccccc12. The van der Waals surface area contributed by atoms with E-state index in [4.69, 9.17) is 11.6 Å². The molecule has 0 aliphatic carbocycles. The molecular formula is C20H19ClN2. The fourth-order valence-electron chi connectivity index (χ4n) is 4.64. The molecule has 0 saturated carbocycles. The lowest BCUT2D eigenvalue weighted by molar-refractivity contribution is 0.112. The van der Waals surface area contributed by atoms with Crippen LogP contribution in [0.1, 0.15) is 29.3 Å². The summed E-state index contributed by atoms with van der Waals surface area (Å²) < 4.78 is 0. The van der Waals surface area contributed by atoms with Crippen molar-refractivity contribution in [2.45, 2.75) is 25.3 Å². The fourth-order valence-corrected chi connectivity index (χ4v) is 4.84. The minimum Gasteiger partial charge on any atom is -0.356 e. The predicted octanol–water partition coefficient (Wildman–Crippen LogP) is 4.50. The van der Waals surface area contributed by atoms with E-state index in [-0.39, 0.29) is 5.54 Å². The van der Waals surface area contributed by atoms with Gasteiger partial charge in [0.05, 0.1) is 5.54 Å². The molecule has 3 aromatic rings. The van der Waals surface area contributed by atoms with E-state index < -0.39 is 0 Å². The molecule has 116 valence electrons. The number of rotatable bonds is 0. The van der Waals surface area contributed by atoms with Gasteiger partial charge in [-0.15, -0.1) is 0 Å². The lowest BCUT2D eigenvalue weighted by atomic mass is 9.75. The Kier molecular flexibility index (Phi) is 2.74. The van der Waals surface area contributed by atoms with Crippen LogP contribution < -0.4 is 0 Å². The van der Waals surface area contributed by atoms with Crippen LogP contribution in [0.5, 0.6) is 0 Å². The maximum atomic E-state index is 6.24. The first kappa shape index (κ1) is 13.6. The molecule has 0 amide bonds. The number of nitrogens with zero attached hydrogens (tertiary/aromatic N) is 1. The van der Waals surface area contributed by atoms with Crippen molar-refractivity contribution in [3.05, 3.63) is 69.9 Å². The zero-order valence-corrected chi connectivity index (χ0v) is 14.0. The molecule has 1 aromatic heterocycles. The van der Waals surface area contributed by atoms with E-state index in [9.17, 15) is 0 Å². The lowest BCUT2D eigenvalue weighted by Crippen LogP contribution is -2.53. The van der Waals surface area contributed by atoms with Gasteiger partial charge in [-0.05, 0) is 54.7 Å². The molecular weight excluding hydrogens is 304 g/mol. The average molecular weight is 323 g/mol. The number of aromatic nitrogens is 1. The summed E-state index contributed by atoms with van der Waals surface area (Å²) in [7, 11) is 0. The zero-order chi connectivity index (χ0) is 15.6. The van der Waals surface area contributed by atoms with Crippen molar-refractivity contribution in [2.75, 3.05) is 13.1 Å². The molecule has 1 N–H and O–H groups in total. The molecule has 2 aliphatic heterocycles. The highest BCUT2D eigenvalue weighted by Gasteiger charge is 2.45. The molecule has 3 heteroatoms. The predicted molar refractivity (Wildman–Crippen MR) is 95.2 cm³/mol. The molecule has 2 aromatic carbocycles. The minimum atomic E-state index is -0.0786. The molecule has 0 radical (unpaired) electrons. The standard InChI is InChI=1S/C20H19ClN2/c1-20-17-7-6-14(21)12-13(17)8-10-23(20)11-9-16-15-4-2-3-5-18(15)22-19(16)20/h2-7,12,22H,8-11H2,1H3. The molecule has 3 heterocycles. The van der Waals surface area contributed by atoms with Crippen LogP contribution in [0.15, 0.2) is 42.5 Å². The van der Waals surface area contributed by atoms with Gasteiger partial charge in [0.2, 0.25) is 0 Å². The van der Waals surface area contributed by atoms with Gasteiger partial charge in [-0.2, -0.15) is 0 Å². The second kappa shape index (κ2) is 4.62. The van der Waals surface area contributed by atoms with Crippen molar-refractivity contribution in [1.29, 1.82) is 0 Å². The second-order valence-corrected chi connectivity index (χ2v) is 7.32. The molecule has 1 atom stereocenters. The molecule has 0 fully saturated rings. The second-order valence-electron chi connectivity index (χ2n) is 6.88. The summed E-state index contributed by atoms with van der Waals surface area (Å²) in [6.45, 7) is 4.58.